The molecule has 2 aromatic rings. The van der Waals surface area contributed by atoms with Gasteiger partial charge in [0.25, 0.3) is 11.6 Å². The Balaban J connectivity index is 1.82. The zero-order valence-corrected chi connectivity index (χ0v) is 18.2. The monoisotopic (exact) mass is 477 g/mol. The van der Waals surface area contributed by atoms with E-state index in [9.17, 15) is 28.1 Å². The number of nitrogens with one attached hydrogen (secondary N) is 1. The van der Waals surface area contributed by atoms with Gasteiger partial charge in [0.2, 0.25) is 5.91 Å². The molecule has 2 amide bonds. The molecule has 0 bridgehead atoms. The van der Waals surface area contributed by atoms with E-state index in [0.29, 0.717) is 5.56 Å². The molecule has 3 rings (SSSR count). The van der Waals surface area contributed by atoms with Gasteiger partial charge in [-0.25, -0.2) is 0 Å². The van der Waals surface area contributed by atoms with Crippen LogP contribution in [0.5, 0.6) is 11.5 Å². The number of thioether (sulfide) groups is 1. The highest BCUT2D eigenvalue weighted by Crippen LogP contribution is 2.33. The molecule has 1 heterocycles. The number of nitro groups is 1. The Kier molecular flexibility index (Phi) is 6.60. The molecule has 0 saturated heterocycles. The van der Waals surface area contributed by atoms with Gasteiger partial charge in [0.15, 0.2) is 16.7 Å². The first-order chi connectivity index (χ1) is 15.1. The van der Waals surface area contributed by atoms with Gasteiger partial charge >= 0.3 is 10.1 Å². The van der Waals surface area contributed by atoms with Crippen molar-refractivity contribution in [3.63, 3.8) is 0 Å². The number of amides is 2. The maximum Gasteiger partial charge on any atom is 0.339 e. The van der Waals surface area contributed by atoms with Crippen LogP contribution in [0.1, 0.15) is 12.5 Å². The predicted octanol–water partition coefficient (Wildman–Crippen LogP) is 2.48. The fourth-order valence-corrected chi connectivity index (χ4v) is 4.31. The van der Waals surface area contributed by atoms with Gasteiger partial charge in [-0.3, -0.25) is 19.7 Å². The van der Waals surface area contributed by atoms with E-state index in [2.05, 4.69) is 10.3 Å². The summed E-state index contributed by atoms with van der Waals surface area (Å²) < 4.78 is 35.4. The summed E-state index contributed by atoms with van der Waals surface area (Å²) in [7, 11) is -2.98. The van der Waals surface area contributed by atoms with E-state index >= 15 is 0 Å². The van der Waals surface area contributed by atoms with E-state index in [-0.39, 0.29) is 38.1 Å². The summed E-state index contributed by atoms with van der Waals surface area (Å²) in [6.07, 6.45) is 1.50. The fraction of sp³-hybridized carbons (Fsp3) is 0.105. The molecular formula is C19H15N3O8S2. The average Bonchev–Trinajstić information content (AvgIpc) is 3.06. The van der Waals surface area contributed by atoms with E-state index < -0.39 is 20.9 Å². The molecule has 0 radical (unpaired) electrons. The smallest absolute Gasteiger partial charge is 0.339 e. The van der Waals surface area contributed by atoms with Crippen molar-refractivity contribution in [1.82, 2.24) is 5.32 Å². The van der Waals surface area contributed by atoms with Crippen molar-refractivity contribution in [1.29, 1.82) is 0 Å². The average molecular weight is 477 g/mol. The summed E-state index contributed by atoms with van der Waals surface area (Å²) in [5.41, 5.74) is 0.237. The fourth-order valence-electron chi connectivity index (χ4n) is 2.51. The summed E-state index contributed by atoms with van der Waals surface area (Å²) in [6, 6.07) is 8.53. The molecule has 0 aromatic heterocycles. The van der Waals surface area contributed by atoms with Crippen molar-refractivity contribution < 1.29 is 31.9 Å². The number of amidine groups is 1. The summed E-state index contributed by atoms with van der Waals surface area (Å²) in [6.45, 7) is 1.30. The number of non-ortho nitro benzene ring substituents is 1. The first-order valence-corrected chi connectivity index (χ1v) is 11.0. The van der Waals surface area contributed by atoms with E-state index in [1.165, 1.54) is 38.3 Å². The predicted molar refractivity (Wildman–Crippen MR) is 116 cm³/mol. The highest BCUT2D eigenvalue weighted by Gasteiger charge is 2.23. The molecule has 32 heavy (non-hydrogen) atoms. The Morgan fingerprint density at radius 2 is 1.88 bits per heavy atom. The van der Waals surface area contributed by atoms with E-state index in [1.54, 1.807) is 0 Å². The first kappa shape index (κ1) is 23.0. The van der Waals surface area contributed by atoms with Crippen LogP contribution in [0.3, 0.4) is 0 Å². The minimum Gasteiger partial charge on any atom is -0.493 e. The molecule has 0 spiro atoms. The number of rotatable bonds is 6. The summed E-state index contributed by atoms with van der Waals surface area (Å²) in [5.74, 6) is -0.932. The van der Waals surface area contributed by atoms with E-state index in [0.717, 1.165) is 36.0 Å². The lowest BCUT2D eigenvalue weighted by molar-refractivity contribution is -0.384. The van der Waals surface area contributed by atoms with Crippen molar-refractivity contribution in [3.8, 4) is 11.5 Å². The molecule has 13 heteroatoms. The van der Waals surface area contributed by atoms with Gasteiger partial charge in [0, 0.05) is 19.1 Å². The molecule has 11 nitrogen and oxygen atoms in total. The molecule has 0 saturated carbocycles. The number of aliphatic imine (C=N–C) groups is 1. The molecule has 166 valence electrons. The lowest BCUT2D eigenvalue weighted by Crippen LogP contribution is -2.23. The highest BCUT2D eigenvalue weighted by molar-refractivity contribution is 8.18. The number of benzene rings is 2. The second kappa shape index (κ2) is 9.20. The number of nitrogens with zero attached hydrogens (tertiary/aromatic N) is 2. The molecule has 2 aromatic carbocycles. The van der Waals surface area contributed by atoms with Gasteiger partial charge in [-0.15, -0.1) is 0 Å². The lowest BCUT2D eigenvalue weighted by Gasteiger charge is -2.11. The van der Waals surface area contributed by atoms with Crippen molar-refractivity contribution in [2.75, 3.05) is 7.11 Å². The standard InChI is InChI=1S/C19H15N3O8S2/c1-11(23)20-19-21-18(24)17(31-19)10-12-3-8-15(16(9-12)29-2)30-32(27,28)14-6-4-13(5-7-14)22(25)26/h3-10H,1-2H3,(H,20,21,23,24)/b17-10-. The molecule has 0 atom stereocenters. The van der Waals surface area contributed by atoms with Gasteiger partial charge in [-0.05, 0) is 47.7 Å². The van der Waals surface area contributed by atoms with Crippen LogP contribution in [-0.2, 0) is 19.7 Å². The summed E-state index contributed by atoms with van der Waals surface area (Å²) >= 11 is 0.984. The number of hydrogen-bond donors (Lipinski definition) is 1. The first-order valence-electron chi connectivity index (χ1n) is 8.76. The third kappa shape index (κ3) is 5.31. The number of hydrogen-bond acceptors (Lipinski definition) is 9. The minimum absolute atomic E-state index is 0.0725. The SMILES string of the molecule is COc1cc(/C=C2\SC(NC(C)=O)=NC2=O)ccc1OS(=O)(=O)c1ccc([N+](=O)[O-])cc1. The molecule has 0 fully saturated rings. The number of nitro benzene ring substituents is 1. The Hall–Kier alpha value is -3.71. The minimum atomic E-state index is -4.29. The molecule has 0 aliphatic carbocycles. The highest BCUT2D eigenvalue weighted by atomic mass is 32.2. The second-order valence-corrected chi connectivity index (χ2v) is 8.79. The number of carbonyl (C=O) groups excluding carboxylic acids is 2. The van der Waals surface area contributed by atoms with E-state index in [4.69, 9.17) is 8.92 Å². The van der Waals surface area contributed by atoms with Crippen molar-refractivity contribution in [2.24, 2.45) is 4.99 Å². The summed E-state index contributed by atoms with van der Waals surface area (Å²) in [4.78, 5) is 36.9. The number of ether oxygens (including phenoxy) is 1. The lowest BCUT2D eigenvalue weighted by atomic mass is 10.2. The maximum atomic E-state index is 12.5. The van der Waals surface area contributed by atoms with Gasteiger partial charge in [0.1, 0.15) is 4.90 Å². The van der Waals surface area contributed by atoms with Crippen LogP contribution < -0.4 is 14.2 Å². The normalized spacial score (nSPS) is 14.8. The number of methoxy groups -OCH3 is 1. The Morgan fingerprint density at radius 1 is 1.19 bits per heavy atom. The summed E-state index contributed by atoms with van der Waals surface area (Å²) in [5, 5.41) is 13.3. The van der Waals surface area contributed by atoms with Crippen LogP contribution in [0.2, 0.25) is 0 Å². The quantitative estimate of drug-likeness (QED) is 0.286. The largest absolute Gasteiger partial charge is 0.493 e. The Morgan fingerprint density at radius 3 is 2.47 bits per heavy atom. The van der Waals surface area contributed by atoms with Gasteiger partial charge in [-0.2, -0.15) is 13.4 Å². The van der Waals surface area contributed by atoms with Crippen LogP contribution in [0.4, 0.5) is 5.69 Å². The van der Waals surface area contributed by atoms with Crippen molar-refractivity contribution in [3.05, 3.63) is 63.0 Å². The third-order valence-corrected chi connectivity index (χ3v) is 6.07. The van der Waals surface area contributed by atoms with Crippen LogP contribution in [-0.4, -0.2) is 37.4 Å². The van der Waals surface area contributed by atoms with Crippen LogP contribution >= 0.6 is 11.8 Å². The van der Waals surface area contributed by atoms with E-state index in [1.807, 2.05) is 0 Å². The maximum absolute atomic E-state index is 12.5. The van der Waals surface area contributed by atoms with Gasteiger partial charge in [-0.1, -0.05) is 6.07 Å². The van der Waals surface area contributed by atoms with Crippen molar-refractivity contribution in [2.45, 2.75) is 11.8 Å². The molecule has 1 N–H and O–H groups in total. The van der Waals surface area contributed by atoms with Crippen molar-refractivity contribution >= 4 is 50.6 Å². The molecular weight excluding hydrogens is 462 g/mol. The Labute approximate surface area is 186 Å². The Bertz CT molecular complexity index is 1270. The van der Waals surface area contributed by atoms with Gasteiger partial charge in [0.05, 0.1) is 16.9 Å². The zero-order chi connectivity index (χ0) is 23.5. The molecule has 1 aliphatic heterocycles. The third-order valence-electron chi connectivity index (χ3n) is 3.92. The second-order valence-electron chi connectivity index (χ2n) is 6.21. The van der Waals surface area contributed by atoms with Crippen LogP contribution in [0.25, 0.3) is 6.08 Å². The topological polar surface area (TPSA) is 154 Å². The zero-order valence-electron chi connectivity index (χ0n) is 16.6. The van der Waals surface area contributed by atoms with Crippen LogP contribution in [0.15, 0.2) is 57.3 Å². The molecule has 1 aliphatic rings. The van der Waals surface area contributed by atoms with Crippen LogP contribution in [0, 0.1) is 10.1 Å². The number of carbonyl (C=O) groups is 2. The van der Waals surface area contributed by atoms with Gasteiger partial charge < -0.3 is 14.2 Å². The molecule has 0 unspecified atom stereocenters.